The molecule has 1 atom stereocenters. The van der Waals surface area contributed by atoms with E-state index < -0.39 is 29.5 Å². The number of hydrogen-bond donors (Lipinski definition) is 3. The third-order valence-corrected chi connectivity index (χ3v) is 8.81. The zero-order chi connectivity index (χ0) is 35.3. The number of carbonyl (C=O) groups is 4. The minimum absolute atomic E-state index is 0.0472. The van der Waals surface area contributed by atoms with Crippen molar-refractivity contribution in [1.29, 1.82) is 0 Å². The predicted molar refractivity (Wildman–Crippen MR) is 188 cm³/mol. The fourth-order valence-corrected chi connectivity index (χ4v) is 6.15. The Bertz CT molecular complexity index is 1880. The lowest BCUT2D eigenvalue weighted by Gasteiger charge is -2.19. The largest absolute Gasteiger partial charge is 0.493 e. The number of hydrogen-bond acceptors (Lipinski definition) is 9. The average molecular weight is 685 g/mol. The lowest BCUT2D eigenvalue weighted by molar-refractivity contribution is 0.0522. The minimum atomic E-state index is -0.758. The number of rotatable bonds is 9. The molecule has 0 saturated heterocycles. The van der Waals surface area contributed by atoms with Crippen molar-refractivity contribution in [3.8, 4) is 27.3 Å². The summed E-state index contributed by atoms with van der Waals surface area (Å²) in [7, 11) is 1.23. The number of pyridine rings is 1. The summed E-state index contributed by atoms with van der Waals surface area (Å²) in [5.41, 5.74) is 3.49. The quantitative estimate of drug-likeness (QED) is 0.160. The van der Waals surface area contributed by atoms with Gasteiger partial charge in [-0.05, 0) is 93.1 Å². The zero-order valence-electron chi connectivity index (χ0n) is 28.4. The number of amides is 3. The van der Waals surface area contributed by atoms with Gasteiger partial charge in [-0.15, -0.1) is 11.3 Å². The maximum absolute atomic E-state index is 14.1. The highest BCUT2D eigenvalue weighted by molar-refractivity contribution is 7.13. The molecule has 256 valence electrons. The Labute approximate surface area is 289 Å². The van der Waals surface area contributed by atoms with Crippen molar-refractivity contribution in [3.05, 3.63) is 88.1 Å². The summed E-state index contributed by atoms with van der Waals surface area (Å²) >= 11 is 1.56. The van der Waals surface area contributed by atoms with E-state index in [2.05, 4.69) is 20.9 Å². The standard InChI is InChI=1S/C37H40N4O7S/c1-7-21(2)39-34(43)29-13-12-25(31(41-29)35(44)46-6)26-19-30-28(32-23(14-16-47-30)15-17-49-32)18-27(26)33(42)40-24-10-8-22(9-11-24)20-38-36(45)48-37(3,4)5/h8-13,15,17-19,21H,7,14,16,20H2,1-6H3,(H,38,45)(H,39,43)(H,40,42). The van der Waals surface area contributed by atoms with Crippen LogP contribution in [0.15, 0.2) is 60.0 Å². The van der Waals surface area contributed by atoms with Crippen LogP contribution in [0.25, 0.3) is 21.6 Å². The number of nitrogens with zero attached hydrogens (tertiary/aromatic N) is 1. The second-order valence-corrected chi connectivity index (χ2v) is 13.6. The van der Waals surface area contributed by atoms with Crippen LogP contribution in [0.5, 0.6) is 5.75 Å². The molecule has 4 aromatic rings. The Balaban J connectivity index is 1.52. The molecule has 12 heteroatoms. The highest BCUT2D eigenvalue weighted by atomic mass is 32.1. The number of nitrogens with one attached hydrogen (secondary N) is 3. The number of anilines is 1. The summed E-state index contributed by atoms with van der Waals surface area (Å²) in [5, 5.41) is 10.6. The van der Waals surface area contributed by atoms with Gasteiger partial charge in [0.05, 0.1) is 13.7 Å². The van der Waals surface area contributed by atoms with E-state index in [4.69, 9.17) is 14.2 Å². The Morgan fingerprint density at radius 2 is 1.73 bits per heavy atom. The van der Waals surface area contributed by atoms with E-state index in [0.717, 1.165) is 28.0 Å². The molecule has 11 nitrogen and oxygen atoms in total. The fraction of sp³-hybridized carbons (Fsp3) is 0.324. The predicted octanol–water partition coefficient (Wildman–Crippen LogP) is 7.00. The highest BCUT2D eigenvalue weighted by Gasteiger charge is 2.27. The van der Waals surface area contributed by atoms with Gasteiger partial charge < -0.3 is 30.2 Å². The van der Waals surface area contributed by atoms with Crippen LogP contribution in [-0.2, 0) is 22.4 Å². The fourth-order valence-electron chi connectivity index (χ4n) is 5.17. The molecular weight excluding hydrogens is 644 g/mol. The van der Waals surface area contributed by atoms with E-state index in [1.165, 1.54) is 13.2 Å². The van der Waals surface area contributed by atoms with Crippen LogP contribution >= 0.6 is 11.3 Å². The Kier molecular flexibility index (Phi) is 10.7. The number of aromatic nitrogens is 1. The lowest BCUT2D eigenvalue weighted by Crippen LogP contribution is -2.32. The summed E-state index contributed by atoms with van der Waals surface area (Å²) < 4.78 is 16.5. The van der Waals surface area contributed by atoms with Gasteiger partial charge in [0, 0.05) is 51.8 Å². The van der Waals surface area contributed by atoms with Gasteiger partial charge >= 0.3 is 12.1 Å². The van der Waals surface area contributed by atoms with Gasteiger partial charge in [0.15, 0.2) is 5.69 Å². The van der Waals surface area contributed by atoms with E-state index in [-0.39, 0.29) is 29.5 Å². The molecule has 3 amide bonds. The van der Waals surface area contributed by atoms with Gasteiger partial charge in [-0.3, -0.25) is 9.59 Å². The number of esters is 1. The number of alkyl carbamates (subject to hydrolysis) is 1. The topological polar surface area (TPSA) is 145 Å². The van der Waals surface area contributed by atoms with Crippen LogP contribution < -0.4 is 20.7 Å². The minimum Gasteiger partial charge on any atom is -0.493 e. The van der Waals surface area contributed by atoms with Crippen LogP contribution in [0, 0.1) is 0 Å². The van der Waals surface area contributed by atoms with Crippen LogP contribution in [-0.4, -0.2) is 54.2 Å². The smallest absolute Gasteiger partial charge is 0.407 e. The molecule has 0 saturated carbocycles. The molecule has 1 aliphatic heterocycles. The molecule has 3 heterocycles. The summed E-state index contributed by atoms with van der Waals surface area (Å²) in [4.78, 5) is 57.7. The van der Waals surface area contributed by atoms with Crippen LogP contribution in [0.3, 0.4) is 0 Å². The molecule has 2 aromatic carbocycles. The van der Waals surface area contributed by atoms with Gasteiger partial charge in [0.1, 0.15) is 17.0 Å². The van der Waals surface area contributed by atoms with E-state index >= 15 is 0 Å². The number of carbonyl (C=O) groups excluding carboxylic acids is 4. The van der Waals surface area contributed by atoms with Crippen molar-refractivity contribution in [2.75, 3.05) is 19.0 Å². The number of thiophene rings is 1. The monoisotopic (exact) mass is 684 g/mol. The van der Waals surface area contributed by atoms with Crippen LogP contribution in [0.4, 0.5) is 10.5 Å². The first-order valence-electron chi connectivity index (χ1n) is 16.0. The summed E-state index contributed by atoms with van der Waals surface area (Å²) in [6.45, 7) is 9.89. The van der Waals surface area contributed by atoms with E-state index in [1.807, 2.05) is 25.3 Å². The van der Waals surface area contributed by atoms with Gasteiger partial charge in [0.2, 0.25) is 0 Å². The van der Waals surface area contributed by atoms with Gasteiger partial charge in [-0.2, -0.15) is 0 Å². The maximum Gasteiger partial charge on any atom is 0.407 e. The molecule has 0 aliphatic carbocycles. The number of methoxy groups -OCH3 is 1. The Morgan fingerprint density at radius 1 is 0.980 bits per heavy atom. The third-order valence-electron chi connectivity index (χ3n) is 7.82. The summed E-state index contributed by atoms with van der Waals surface area (Å²) in [6, 6.07) is 15.6. The van der Waals surface area contributed by atoms with Gasteiger partial charge in [0.25, 0.3) is 11.8 Å². The maximum atomic E-state index is 14.1. The zero-order valence-corrected chi connectivity index (χ0v) is 29.2. The molecule has 0 bridgehead atoms. The van der Waals surface area contributed by atoms with E-state index in [1.54, 1.807) is 74.6 Å². The van der Waals surface area contributed by atoms with Crippen molar-refractivity contribution in [1.82, 2.24) is 15.6 Å². The van der Waals surface area contributed by atoms with Gasteiger partial charge in [-0.1, -0.05) is 19.1 Å². The molecule has 49 heavy (non-hydrogen) atoms. The summed E-state index contributed by atoms with van der Waals surface area (Å²) in [5.74, 6) is -1.06. The number of benzene rings is 2. The molecule has 0 radical (unpaired) electrons. The Hall–Kier alpha value is -5.23. The van der Waals surface area contributed by atoms with Crippen molar-refractivity contribution in [2.24, 2.45) is 0 Å². The molecule has 0 fully saturated rings. The average Bonchev–Trinajstić information content (AvgIpc) is 3.47. The molecular formula is C37H40N4O7S. The first kappa shape index (κ1) is 35.1. The second-order valence-electron chi connectivity index (χ2n) is 12.6. The highest BCUT2D eigenvalue weighted by Crippen LogP contribution is 2.43. The lowest BCUT2D eigenvalue weighted by atomic mass is 9.93. The van der Waals surface area contributed by atoms with Crippen molar-refractivity contribution in [3.63, 3.8) is 0 Å². The second kappa shape index (κ2) is 14.9. The molecule has 0 spiro atoms. The normalized spacial score (nSPS) is 12.7. The van der Waals surface area contributed by atoms with Gasteiger partial charge in [-0.25, -0.2) is 14.6 Å². The summed E-state index contributed by atoms with van der Waals surface area (Å²) in [6.07, 6.45) is 0.899. The van der Waals surface area contributed by atoms with Crippen LogP contribution in [0.1, 0.15) is 83.5 Å². The first-order chi connectivity index (χ1) is 23.4. The number of fused-ring (bicyclic) bond motifs is 3. The van der Waals surface area contributed by atoms with Crippen molar-refractivity contribution < 1.29 is 33.4 Å². The third kappa shape index (κ3) is 8.44. The molecule has 3 N–H and O–H groups in total. The molecule has 2 aromatic heterocycles. The van der Waals surface area contributed by atoms with E-state index in [0.29, 0.717) is 35.6 Å². The van der Waals surface area contributed by atoms with E-state index in [9.17, 15) is 19.2 Å². The molecule has 5 rings (SSSR count). The van der Waals surface area contributed by atoms with Crippen molar-refractivity contribution in [2.45, 2.75) is 65.6 Å². The Morgan fingerprint density at radius 3 is 2.43 bits per heavy atom. The molecule has 1 unspecified atom stereocenters. The van der Waals surface area contributed by atoms with Crippen molar-refractivity contribution >= 4 is 40.9 Å². The number of ether oxygens (including phenoxy) is 3. The molecule has 1 aliphatic rings. The first-order valence-corrected chi connectivity index (χ1v) is 16.9. The van der Waals surface area contributed by atoms with Crippen LogP contribution in [0.2, 0.25) is 0 Å². The SMILES string of the molecule is CCC(C)NC(=O)c1ccc(-c2cc3c(cc2C(=O)Nc2ccc(CNC(=O)OC(C)(C)C)cc2)-c2sccc2CCO3)c(C(=O)OC)n1.